The van der Waals surface area contributed by atoms with Crippen LogP contribution in [0.2, 0.25) is 0 Å². The number of nitrogens with one attached hydrogen (secondary N) is 3. The number of hydrogen-bond donors (Lipinski definition) is 3. The molecule has 4 amide bonds. The molecule has 3 rings (SSSR count). The zero-order chi connectivity index (χ0) is 19.1. The van der Waals surface area contributed by atoms with E-state index in [-0.39, 0.29) is 17.7 Å². The summed E-state index contributed by atoms with van der Waals surface area (Å²) >= 11 is 0. The first-order valence-electron chi connectivity index (χ1n) is 8.40. The minimum Gasteiger partial charge on any atom is -0.330 e. The van der Waals surface area contributed by atoms with E-state index in [4.69, 9.17) is 0 Å². The molecule has 1 saturated heterocycles. The normalized spacial score (nSPS) is 25.5. The Bertz CT molecular complexity index is 796. The van der Waals surface area contributed by atoms with Crippen molar-refractivity contribution in [3.8, 4) is 0 Å². The number of urea groups is 1. The maximum Gasteiger partial charge on any atom is 0.323 e. The summed E-state index contributed by atoms with van der Waals surface area (Å²) in [5.74, 6) is -0.622. The number of carbonyl (C=O) groups is 3. The van der Waals surface area contributed by atoms with Gasteiger partial charge in [0.1, 0.15) is 0 Å². The molecule has 2 atom stereocenters. The Morgan fingerprint density at radius 3 is 2.58 bits per heavy atom. The summed E-state index contributed by atoms with van der Waals surface area (Å²) in [6, 6.07) is 6.80. The number of hydrogen-bond acceptors (Lipinski definition) is 4. The van der Waals surface area contributed by atoms with Gasteiger partial charge in [-0.3, -0.25) is 14.9 Å². The van der Waals surface area contributed by atoms with Crippen molar-refractivity contribution in [2.45, 2.75) is 31.3 Å². The van der Waals surface area contributed by atoms with E-state index in [9.17, 15) is 14.4 Å². The number of amides is 4. The van der Waals surface area contributed by atoms with Crippen LogP contribution in [0.3, 0.4) is 0 Å². The fraction of sp³-hybridized carbons (Fsp3) is 0.389. The third-order valence-electron chi connectivity index (χ3n) is 4.99. The number of carbonyl (C=O) groups excluding carboxylic acids is 3. The van der Waals surface area contributed by atoms with Crippen LogP contribution in [-0.4, -0.2) is 46.5 Å². The van der Waals surface area contributed by atoms with Crippen LogP contribution in [-0.2, 0) is 11.3 Å². The molecule has 0 saturated carbocycles. The van der Waals surface area contributed by atoms with Crippen molar-refractivity contribution in [1.82, 2.24) is 20.3 Å². The highest BCUT2D eigenvalue weighted by Crippen LogP contribution is 2.47. The van der Waals surface area contributed by atoms with Crippen molar-refractivity contribution < 1.29 is 14.4 Å². The van der Waals surface area contributed by atoms with E-state index in [1.807, 2.05) is 38.3 Å². The second-order valence-corrected chi connectivity index (χ2v) is 10.6. The Balaban J connectivity index is 1.92. The molecule has 2 unspecified atom stereocenters. The van der Waals surface area contributed by atoms with E-state index >= 15 is 0 Å². The summed E-state index contributed by atoms with van der Waals surface area (Å²) in [6.45, 7) is 8.41. The van der Waals surface area contributed by atoms with Crippen LogP contribution in [0, 0.1) is 0 Å². The van der Waals surface area contributed by atoms with Gasteiger partial charge in [-0.2, -0.15) is 10.2 Å². The first-order valence-corrected chi connectivity index (χ1v) is 10.6. The summed E-state index contributed by atoms with van der Waals surface area (Å²) in [7, 11) is -1.62. The lowest BCUT2D eigenvalue weighted by molar-refractivity contribution is -0.124. The minimum absolute atomic E-state index is 0.0429. The SMILES string of the molecule is C=CS(C)(NC1(CN2Cc3ccccc3C2=O)NC(=O)NC1=O)C(C)C. The molecular formula is C18H24N4O3S. The largest absolute Gasteiger partial charge is 0.330 e. The summed E-state index contributed by atoms with van der Waals surface area (Å²) in [4.78, 5) is 38.9. The van der Waals surface area contributed by atoms with E-state index in [1.54, 1.807) is 16.4 Å². The Kier molecular flexibility index (Phi) is 4.58. The quantitative estimate of drug-likeness (QED) is 0.659. The number of rotatable bonds is 6. The van der Waals surface area contributed by atoms with Gasteiger partial charge in [-0.25, -0.2) is 9.52 Å². The van der Waals surface area contributed by atoms with Gasteiger partial charge in [0.25, 0.3) is 11.8 Å². The third kappa shape index (κ3) is 2.99. The predicted octanol–water partition coefficient (Wildman–Crippen LogP) is 1.67. The van der Waals surface area contributed by atoms with Crippen molar-refractivity contribution in [2.75, 3.05) is 12.8 Å². The Hall–Kier alpha value is -2.32. The highest BCUT2D eigenvalue weighted by Gasteiger charge is 2.51. The fourth-order valence-corrected chi connectivity index (χ4v) is 4.83. The molecule has 140 valence electrons. The van der Waals surface area contributed by atoms with E-state index in [0.717, 1.165) is 5.56 Å². The Labute approximate surface area is 154 Å². The Morgan fingerprint density at radius 2 is 2.04 bits per heavy atom. The second kappa shape index (κ2) is 6.44. The summed E-state index contributed by atoms with van der Waals surface area (Å²) in [6.07, 6.45) is 1.99. The average Bonchev–Trinajstić information content (AvgIpc) is 3.04. The number of fused-ring (bicyclic) bond motifs is 1. The number of imide groups is 1. The zero-order valence-corrected chi connectivity index (χ0v) is 16.0. The van der Waals surface area contributed by atoms with Gasteiger partial charge in [0.15, 0.2) is 5.66 Å². The molecule has 8 heteroatoms. The molecule has 2 aliphatic rings. The molecule has 0 spiro atoms. The average molecular weight is 376 g/mol. The standard InChI is InChI=1S/C18H24N4O3S/c1-5-26(4,12(2)3)21-18(16(24)19-17(25)20-18)11-22-10-13-8-6-7-9-14(13)15(22)23/h5-9,12,21H,1,10-11H2,2-4H3,(H2,19,20,24,25). The van der Waals surface area contributed by atoms with Gasteiger partial charge >= 0.3 is 6.03 Å². The van der Waals surface area contributed by atoms with Crippen molar-refractivity contribution >= 4 is 28.1 Å². The molecule has 1 aromatic carbocycles. The second-order valence-electron chi connectivity index (χ2n) is 7.00. The molecule has 1 aromatic rings. The van der Waals surface area contributed by atoms with Gasteiger partial charge in [-0.05, 0) is 28.5 Å². The maximum absolute atomic E-state index is 12.7. The van der Waals surface area contributed by atoms with Crippen molar-refractivity contribution in [2.24, 2.45) is 0 Å². The molecule has 2 aliphatic heterocycles. The summed E-state index contributed by atoms with van der Waals surface area (Å²) in [5, 5.41) is 6.99. The van der Waals surface area contributed by atoms with Gasteiger partial charge in [0.05, 0.1) is 6.54 Å². The molecule has 26 heavy (non-hydrogen) atoms. The molecule has 3 N–H and O–H groups in total. The lowest BCUT2D eigenvalue weighted by atomic mass is 10.1. The molecule has 0 bridgehead atoms. The highest BCUT2D eigenvalue weighted by molar-refractivity contribution is 8.34. The first-order chi connectivity index (χ1) is 12.2. The molecule has 1 fully saturated rings. The van der Waals surface area contributed by atoms with Crippen molar-refractivity contribution in [1.29, 1.82) is 0 Å². The molecule has 0 aliphatic carbocycles. The molecule has 7 nitrogen and oxygen atoms in total. The lowest BCUT2D eigenvalue weighted by Gasteiger charge is -2.45. The van der Waals surface area contributed by atoms with E-state index in [1.165, 1.54) is 0 Å². The van der Waals surface area contributed by atoms with Crippen LogP contribution in [0.25, 0.3) is 0 Å². The monoisotopic (exact) mass is 376 g/mol. The third-order valence-corrected chi connectivity index (χ3v) is 8.42. The van der Waals surface area contributed by atoms with E-state index in [2.05, 4.69) is 21.9 Å². The number of benzene rings is 1. The predicted molar refractivity (Wildman–Crippen MR) is 103 cm³/mol. The smallest absolute Gasteiger partial charge is 0.323 e. The minimum atomic E-state index is -1.62. The van der Waals surface area contributed by atoms with Crippen molar-refractivity contribution in [3.63, 3.8) is 0 Å². The number of nitrogens with zero attached hydrogens (tertiary/aromatic N) is 1. The van der Waals surface area contributed by atoms with E-state index in [0.29, 0.717) is 12.1 Å². The lowest BCUT2D eigenvalue weighted by Crippen LogP contribution is -2.65. The van der Waals surface area contributed by atoms with Crippen LogP contribution < -0.4 is 15.4 Å². The molecular weight excluding hydrogens is 352 g/mol. The van der Waals surface area contributed by atoms with Gasteiger partial charge in [-0.1, -0.05) is 38.6 Å². The molecule has 0 radical (unpaired) electrons. The van der Waals surface area contributed by atoms with Crippen LogP contribution in [0.4, 0.5) is 4.79 Å². The van der Waals surface area contributed by atoms with Gasteiger partial charge in [0, 0.05) is 12.1 Å². The van der Waals surface area contributed by atoms with Crippen molar-refractivity contribution in [3.05, 3.63) is 47.4 Å². The molecule has 0 aromatic heterocycles. The van der Waals surface area contributed by atoms with Crippen LogP contribution in [0.15, 0.2) is 36.3 Å². The highest BCUT2D eigenvalue weighted by atomic mass is 32.3. The fourth-order valence-electron chi connectivity index (χ4n) is 3.16. The first kappa shape index (κ1) is 18.5. The Morgan fingerprint density at radius 1 is 1.35 bits per heavy atom. The summed E-state index contributed by atoms with van der Waals surface area (Å²) in [5.41, 5.74) is 0.173. The molecule has 2 heterocycles. The zero-order valence-electron chi connectivity index (χ0n) is 15.2. The van der Waals surface area contributed by atoms with Crippen LogP contribution in [0.5, 0.6) is 0 Å². The van der Waals surface area contributed by atoms with Gasteiger partial charge in [0.2, 0.25) is 0 Å². The van der Waals surface area contributed by atoms with Crippen LogP contribution in [0.1, 0.15) is 29.8 Å². The van der Waals surface area contributed by atoms with E-state index < -0.39 is 27.8 Å². The van der Waals surface area contributed by atoms with Crippen LogP contribution >= 0.6 is 10.2 Å². The van der Waals surface area contributed by atoms with Gasteiger partial charge in [-0.15, -0.1) is 0 Å². The maximum atomic E-state index is 12.7. The van der Waals surface area contributed by atoms with Gasteiger partial charge < -0.3 is 10.2 Å². The summed E-state index contributed by atoms with van der Waals surface area (Å²) < 4.78 is 3.34. The topological polar surface area (TPSA) is 90.5 Å².